The van der Waals surface area contributed by atoms with Crippen molar-refractivity contribution < 1.29 is 9.53 Å². The molecule has 3 heteroatoms. The summed E-state index contributed by atoms with van der Waals surface area (Å²) < 4.78 is 4.82. The van der Waals surface area contributed by atoms with Crippen LogP contribution in [0.15, 0.2) is 30.3 Å². The molecule has 0 bridgehead atoms. The minimum atomic E-state index is -0.315. The van der Waals surface area contributed by atoms with E-state index in [1.165, 1.54) is 6.08 Å². The van der Waals surface area contributed by atoms with Crippen LogP contribution in [-0.4, -0.2) is 12.6 Å². The number of hydrogen-bond donors (Lipinski definition) is 0. The highest BCUT2D eigenvalue weighted by Gasteiger charge is 2.00. The van der Waals surface area contributed by atoms with Gasteiger partial charge in [0.15, 0.2) is 0 Å². The lowest BCUT2D eigenvalue weighted by atomic mass is 10.1. The van der Waals surface area contributed by atoms with Gasteiger partial charge >= 0.3 is 5.97 Å². The number of benzene rings is 1. The number of hydrogen-bond acceptors (Lipinski definition) is 2. The number of allylic oxidation sites excluding steroid dienone is 1. The molecule has 80 valence electrons. The van der Waals surface area contributed by atoms with E-state index in [1.807, 2.05) is 19.1 Å². The Morgan fingerprint density at radius 3 is 2.53 bits per heavy atom. The van der Waals surface area contributed by atoms with Crippen molar-refractivity contribution in [2.45, 2.75) is 13.8 Å². The summed E-state index contributed by atoms with van der Waals surface area (Å²) in [4.78, 5) is 11.2. The fourth-order valence-corrected chi connectivity index (χ4v) is 1.28. The third kappa shape index (κ3) is 3.76. The summed E-state index contributed by atoms with van der Waals surface area (Å²) in [6.45, 7) is 4.03. The first-order chi connectivity index (χ1) is 7.13. The lowest BCUT2D eigenvalue weighted by molar-refractivity contribution is -0.137. The lowest BCUT2D eigenvalue weighted by Crippen LogP contribution is -2.00. The molecule has 0 spiro atoms. The Bertz CT molecular complexity index is 366. The smallest absolute Gasteiger partial charge is 0.331 e. The zero-order valence-electron chi connectivity index (χ0n) is 8.79. The Labute approximate surface area is 94.5 Å². The van der Waals surface area contributed by atoms with Gasteiger partial charge in [-0.1, -0.05) is 23.7 Å². The third-order valence-electron chi connectivity index (χ3n) is 1.92. The molecule has 0 N–H and O–H groups in total. The second-order valence-corrected chi connectivity index (χ2v) is 3.52. The van der Waals surface area contributed by atoms with Gasteiger partial charge < -0.3 is 4.74 Å². The molecule has 0 aliphatic heterocycles. The molecule has 15 heavy (non-hydrogen) atoms. The molecule has 0 aliphatic rings. The van der Waals surface area contributed by atoms with E-state index in [0.29, 0.717) is 11.6 Å². The van der Waals surface area contributed by atoms with Gasteiger partial charge in [0.1, 0.15) is 0 Å². The van der Waals surface area contributed by atoms with E-state index in [1.54, 1.807) is 19.1 Å². The predicted molar refractivity (Wildman–Crippen MR) is 61.7 cm³/mol. The van der Waals surface area contributed by atoms with Crippen LogP contribution in [0.4, 0.5) is 0 Å². The van der Waals surface area contributed by atoms with Crippen molar-refractivity contribution in [1.29, 1.82) is 0 Å². The van der Waals surface area contributed by atoms with E-state index in [2.05, 4.69) is 0 Å². The molecular weight excluding hydrogens is 212 g/mol. The summed E-state index contributed by atoms with van der Waals surface area (Å²) in [5, 5.41) is 0.683. The summed E-state index contributed by atoms with van der Waals surface area (Å²) in [6.07, 6.45) is 1.48. The standard InChI is InChI=1S/C12H13ClO2/c1-3-15-12(14)8-9(2)10-4-6-11(13)7-5-10/h4-8H,3H2,1-2H3/b9-8-. The lowest BCUT2D eigenvalue weighted by Gasteiger charge is -2.01. The van der Waals surface area contributed by atoms with Crippen molar-refractivity contribution in [1.82, 2.24) is 0 Å². The molecule has 1 aromatic carbocycles. The Hall–Kier alpha value is -1.28. The number of carbonyl (C=O) groups is 1. The van der Waals surface area contributed by atoms with Gasteiger partial charge in [0.05, 0.1) is 6.61 Å². The van der Waals surface area contributed by atoms with Gasteiger partial charge in [-0.05, 0) is 37.1 Å². The normalized spacial score (nSPS) is 11.3. The minimum Gasteiger partial charge on any atom is -0.463 e. The molecule has 0 amide bonds. The van der Waals surface area contributed by atoms with Crippen LogP contribution in [-0.2, 0) is 9.53 Å². The molecule has 0 heterocycles. The molecule has 2 nitrogen and oxygen atoms in total. The van der Waals surface area contributed by atoms with Gasteiger partial charge in [0.25, 0.3) is 0 Å². The largest absolute Gasteiger partial charge is 0.463 e. The van der Waals surface area contributed by atoms with E-state index in [0.717, 1.165) is 11.1 Å². The summed E-state index contributed by atoms with van der Waals surface area (Å²) in [5.41, 5.74) is 1.83. The molecular formula is C12H13ClO2. The van der Waals surface area contributed by atoms with Gasteiger partial charge in [-0.3, -0.25) is 0 Å². The molecule has 0 aliphatic carbocycles. The number of esters is 1. The van der Waals surface area contributed by atoms with Crippen LogP contribution >= 0.6 is 11.6 Å². The number of carbonyl (C=O) groups excluding carboxylic acids is 1. The summed E-state index contributed by atoms with van der Waals surface area (Å²) >= 11 is 5.76. The molecule has 0 saturated heterocycles. The summed E-state index contributed by atoms with van der Waals surface area (Å²) in [5.74, 6) is -0.315. The van der Waals surface area contributed by atoms with Crippen molar-refractivity contribution in [2.24, 2.45) is 0 Å². The van der Waals surface area contributed by atoms with Crippen molar-refractivity contribution in [3.05, 3.63) is 40.9 Å². The molecule has 0 aromatic heterocycles. The topological polar surface area (TPSA) is 26.3 Å². The van der Waals surface area contributed by atoms with Crippen LogP contribution in [0.3, 0.4) is 0 Å². The number of halogens is 1. The van der Waals surface area contributed by atoms with Crippen LogP contribution in [0.2, 0.25) is 5.02 Å². The van der Waals surface area contributed by atoms with Crippen molar-refractivity contribution in [3.8, 4) is 0 Å². The van der Waals surface area contributed by atoms with E-state index in [9.17, 15) is 4.79 Å². The molecule has 0 atom stereocenters. The zero-order chi connectivity index (χ0) is 11.3. The van der Waals surface area contributed by atoms with E-state index in [-0.39, 0.29) is 5.97 Å². The van der Waals surface area contributed by atoms with Crippen LogP contribution in [0.25, 0.3) is 5.57 Å². The van der Waals surface area contributed by atoms with Crippen LogP contribution in [0.1, 0.15) is 19.4 Å². The quantitative estimate of drug-likeness (QED) is 0.582. The first-order valence-electron chi connectivity index (χ1n) is 4.74. The second-order valence-electron chi connectivity index (χ2n) is 3.09. The molecule has 0 unspecified atom stereocenters. The fourth-order valence-electron chi connectivity index (χ4n) is 1.16. The van der Waals surface area contributed by atoms with E-state index in [4.69, 9.17) is 16.3 Å². The maximum atomic E-state index is 11.2. The maximum Gasteiger partial charge on any atom is 0.331 e. The molecule has 0 fully saturated rings. The Morgan fingerprint density at radius 2 is 2.00 bits per heavy atom. The Morgan fingerprint density at radius 1 is 1.40 bits per heavy atom. The number of ether oxygens (including phenoxy) is 1. The highest BCUT2D eigenvalue weighted by atomic mass is 35.5. The van der Waals surface area contributed by atoms with Crippen molar-refractivity contribution in [3.63, 3.8) is 0 Å². The molecule has 0 radical (unpaired) electrons. The average molecular weight is 225 g/mol. The predicted octanol–water partition coefficient (Wildman–Crippen LogP) is 3.31. The fraction of sp³-hybridized carbons (Fsp3) is 0.250. The Kier molecular flexibility index (Phi) is 4.37. The molecule has 1 rings (SSSR count). The van der Waals surface area contributed by atoms with E-state index >= 15 is 0 Å². The maximum absolute atomic E-state index is 11.2. The summed E-state index contributed by atoms with van der Waals surface area (Å²) in [7, 11) is 0. The summed E-state index contributed by atoms with van der Waals surface area (Å²) in [6, 6.07) is 7.32. The first-order valence-corrected chi connectivity index (χ1v) is 5.12. The van der Waals surface area contributed by atoms with Gasteiger partial charge in [0.2, 0.25) is 0 Å². The monoisotopic (exact) mass is 224 g/mol. The van der Waals surface area contributed by atoms with Gasteiger partial charge in [-0.2, -0.15) is 0 Å². The van der Waals surface area contributed by atoms with Gasteiger partial charge in [0, 0.05) is 11.1 Å². The number of rotatable bonds is 3. The van der Waals surface area contributed by atoms with Gasteiger partial charge in [-0.15, -0.1) is 0 Å². The second kappa shape index (κ2) is 5.56. The Balaban J connectivity index is 2.79. The van der Waals surface area contributed by atoms with Gasteiger partial charge in [-0.25, -0.2) is 4.79 Å². The zero-order valence-corrected chi connectivity index (χ0v) is 9.54. The minimum absolute atomic E-state index is 0.315. The highest BCUT2D eigenvalue weighted by Crippen LogP contribution is 2.16. The van der Waals surface area contributed by atoms with Crippen molar-refractivity contribution in [2.75, 3.05) is 6.61 Å². The SMILES string of the molecule is CCOC(=O)/C=C(/C)c1ccc(Cl)cc1. The van der Waals surface area contributed by atoms with Crippen LogP contribution in [0.5, 0.6) is 0 Å². The highest BCUT2D eigenvalue weighted by molar-refractivity contribution is 6.30. The third-order valence-corrected chi connectivity index (χ3v) is 2.17. The van der Waals surface area contributed by atoms with Crippen molar-refractivity contribution >= 4 is 23.1 Å². The molecule has 1 aromatic rings. The molecule has 0 saturated carbocycles. The van der Waals surface area contributed by atoms with E-state index < -0.39 is 0 Å². The first kappa shape index (κ1) is 11.8. The average Bonchev–Trinajstić information content (AvgIpc) is 2.18. The van der Waals surface area contributed by atoms with Crippen LogP contribution in [0, 0.1) is 0 Å². The van der Waals surface area contributed by atoms with Crippen LogP contribution < -0.4 is 0 Å².